The van der Waals surface area contributed by atoms with Gasteiger partial charge in [0.05, 0.1) is 12.7 Å². The Morgan fingerprint density at radius 1 is 1.05 bits per heavy atom. The fourth-order valence-electron chi connectivity index (χ4n) is 1.50. The van der Waals surface area contributed by atoms with Crippen molar-refractivity contribution in [1.29, 1.82) is 0 Å². The molecule has 1 aromatic carbocycles. The van der Waals surface area contributed by atoms with Gasteiger partial charge in [-0.25, -0.2) is 9.78 Å². The Bertz CT molecular complexity index is 579. The van der Waals surface area contributed by atoms with Crippen LogP contribution in [0.2, 0.25) is 0 Å². The van der Waals surface area contributed by atoms with E-state index in [0.29, 0.717) is 16.9 Å². The number of ether oxygens (including phenoxy) is 1. The zero-order valence-electron chi connectivity index (χ0n) is 10.3. The highest BCUT2D eigenvalue weighted by Crippen LogP contribution is 2.08. The maximum Gasteiger partial charge on any atom is 0.337 e. The highest BCUT2D eigenvalue weighted by molar-refractivity contribution is 6.04. The molecule has 0 saturated carbocycles. The Hall–Kier alpha value is -2.69. The number of aromatic nitrogens is 1. The molecular weight excluding hydrogens is 244 g/mol. The fraction of sp³-hybridized carbons (Fsp3) is 0.0714. The maximum atomic E-state index is 11.9. The van der Waals surface area contributed by atoms with E-state index >= 15 is 0 Å². The highest BCUT2D eigenvalue weighted by Gasteiger charge is 2.09. The molecule has 5 heteroatoms. The summed E-state index contributed by atoms with van der Waals surface area (Å²) in [4.78, 5) is 27.1. The molecule has 19 heavy (non-hydrogen) atoms. The van der Waals surface area contributed by atoms with Crippen LogP contribution in [-0.4, -0.2) is 24.0 Å². The Morgan fingerprint density at radius 2 is 1.74 bits per heavy atom. The van der Waals surface area contributed by atoms with Crippen molar-refractivity contribution >= 4 is 17.7 Å². The molecule has 0 spiro atoms. The Labute approximate surface area is 110 Å². The molecule has 0 unspecified atom stereocenters. The van der Waals surface area contributed by atoms with E-state index in [2.05, 4.69) is 15.0 Å². The summed E-state index contributed by atoms with van der Waals surface area (Å²) in [5.74, 6) is -0.239. The molecule has 0 saturated heterocycles. The number of rotatable bonds is 3. The predicted octanol–water partition coefficient (Wildman–Crippen LogP) is 2.12. The Kier molecular flexibility index (Phi) is 3.87. The number of benzene rings is 1. The van der Waals surface area contributed by atoms with Crippen molar-refractivity contribution in [3.63, 3.8) is 0 Å². The summed E-state index contributed by atoms with van der Waals surface area (Å²) in [6.45, 7) is 0. The average Bonchev–Trinajstić information content (AvgIpc) is 2.47. The number of nitrogens with one attached hydrogen (secondary N) is 1. The van der Waals surface area contributed by atoms with Gasteiger partial charge in [-0.15, -0.1) is 0 Å². The number of carbonyl (C=O) groups is 2. The third-order valence-corrected chi connectivity index (χ3v) is 2.47. The van der Waals surface area contributed by atoms with Crippen LogP contribution in [0.5, 0.6) is 0 Å². The zero-order chi connectivity index (χ0) is 13.7. The van der Waals surface area contributed by atoms with Gasteiger partial charge in [-0.05, 0) is 36.4 Å². The van der Waals surface area contributed by atoms with Crippen LogP contribution in [-0.2, 0) is 4.74 Å². The van der Waals surface area contributed by atoms with Crippen LogP contribution in [0.25, 0.3) is 0 Å². The maximum absolute atomic E-state index is 11.9. The Morgan fingerprint density at radius 3 is 2.32 bits per heavy atom. The van der Waals surface area contributed by atoms with E-state index in [1.54, 1.807) is 48.7 Å². The van der Waals surface area contributed by atoms with Crippen LogP contribution in [0.4, 0.5) is 5.82 Å². The van der Waals surface area contributed by atoms with Crippen molar-refractivity contribution in [3.8, 4) is 0 Å². The molecule has 0 radical (unpaired) electrons. The number of amides is 1. The highest BCUT2D eigenvalue weighted by atomic mass is 16.5. The Balaban J connectivity index is 2.10. The van der Waals surface area contributed by atoms with E-state index in [4.69, 9.17) is 0 Å². The predicted molar refractivity (Wildman–Crippen MR) is 70.0 cm³/mol. The quantitative estimate of drug-likeness (QED) is 0.854. The van der Waals surface area contributed by atoms with Crippen LogP contribution < -0.4 is 5.32 Å². The van der Waals surface area contributed by atoms with E-state index in [-0.39, 0.29) is 5.91 Å². The summed E-state index contributed by atoms with van der Waals surface area (Å²) in [6.07, 6.45) is 1.59. The smallest absolute Gasteiger partial charge is 0.337 e. The van der Waals surface area contributed by atoms with E-state index in [1.165, 1.54) is 7.11 Å². The van der Waals surface area contributed by atoms with Crippen molar-refractivity contribution in [2.75, 3.05) is 12.4 Å². The molecule has 2 rings (SSSR count). The van der Waals surface area contributed by atoms with Gasteiger partial charge in [-0.1, -0.05) is 6.07 Å². The van der Waals surface area contributed by atoms with E-state index in [9.17, 15) is 9.59 Å². The monoisotopic (exact) mass is 256 g/mol. The number of nitrogens with zero attached hydrogens (tertiary/aromatic N) is 1. The first-order chi connectivity index (χ1) is 9.20. The summed E-state index contributed by atoms with van der Waals surface area (Å²) >= 11 is 0. The lowest BCUT2D eigenvalue weighted by Gasteiger charge is -2.04. The SMILES string of the molecule is COC(=O)c1ccc(C(=O)Nc2ccccn2)cc1. The van der Waals surface area contributed by atoms with Crippen molar-refractivity contribution in [2.24, 2.45) is 0 Å². The summed E-state index contributed by atoms with van der Waals surface area (Å²) in [7, 11) is 1.31. The topological polar surface area (TPSA) is 68.3 Å². The lowest BCUT2D eigenvalue weighted by Crippen LogP contribution is -2.13. The van der Waals surface area contributed by atoms with Gasteiger partial charge in [0, 0.05) is 11.8 Å². The molecule has 0 fully saturated rings. The summed E-state index contributed by atoms with van der Waals surface area (Å²) in [6, 6.07) is 11.4. The standard InChI is InChI=1S/C14H12N2O3/c1-19-14(18)11-7-5-10(6-8-11)13(17)16-12-4-2-3-9-15-12/h2-9H,1H3,(H,15,16,17). The van der Waals surface area contributed by atoms with Crippen molar-refractivity contribution < 1.29 is 14.3 Å². The molecule has 1 N–H and O–H groups in total. The van der Waals surface area contributed by atoms with Gasteiger partial charge in [0.2, 0.25) is 0 Å². The average molecular weight is 256 g/mol. The van der Waals surface area contributed by atoms with Gasteiger partial charge in [0.1, 0.15) is 5.82 Å². The number of methoxy groups -OCH3 is 1. The molecule has 96 valence electrons. The summed E-state index contributed by atoms with van der Waals surface area (Å²) in [5, 5.41) is 2.65. The first-order valence-electron chi connectivity index (χ1n) is 5.61. The minimum absolute atomic E-state index is 0.282. The molecule has 5 nitrogen and oxygen atoms in total. The lowest BCUT2D eigenvalue weighted by atomic mass is 10.1. The van der Waals surface area contributed by atoms with Gasteiger partial charge in [-0.3, -0.25) is 4.79 Å². The molecule has 0 aliphatic rings. The van der Waals surface area contributed by atoms with Crippen molar-refractivity contribution in [2.45, 2.75) is 0 Å². The molecule has 1 amide bonds. The molecule has 0 atom stereocenters. The minimum Gasteiger partial charge on any atom is -0.465 e. The van der Waals surface area contributed by atoms with Gasteiger partial charge < -0.3 is 10.1 Å². The second-order valence-electron chi connectivity index (χ2n) is 3.74. The first-order valence-corrected chi connectivity index (χ1v) is 5.61. The molecule has 1 aromatic heterocycles. The number of hydrogen-bond donors (Lipinski definition) is 1. The number of hydrogen-bond acceptors (Lipinski definition) is 4. The van der Waals surface area contributed by atoms with E-state index < -0.39 is 5.97 Å². The zero-order valence-corrected chi connectivity index (χ0v) is 10.3. The van der Waals surface area contributed by atoms with Crippen LogP contribution in [0, 0.1) is 0 Å². The third kappa shape index (κ3) is 3.16. The second kappa shape index (κ2) is 5.77. The van der Waals surface area contributed by atoms with E-state index in [0.717, 1.165) is 0 Å². The number of anilines is 1. The summed E-state index contributed by atoms with van der Waals surface area (Å²) in [5.41, 5.74) is 0.843. The van der Waals surface area contributed by atoms with E-state index in [1.807, 2.05) is 0 Å². The third-order valence-electron chi connectivity index (χ3n) is 2.47. The molecule has 0 aliphatic carbocycles. The number of esters is 1. The molecule has 1 heterocycles. The minimum atomic E-state index is -0.434. The second-order valence-corrected chi connectivity index (χ2v) is 3.74. The van der Waals surface area contributed by atoms with Crippen LogP contribution in [0.1, 0.15) is 20.7 Å². The molecular formula is C14H12N2O3. The number of carbonyl (C=O) groups excluding carboxylic acids is 2. The largest absolute Gasteiger partial charge is 0.465 e. The first kappa shape index (κ1) is 12.8. The van der Waals surface area contributed by atoms with Crippen molar-refractivity contribution in [1.82, 2.24) is 4.98 Å². The summed E-state index contributed by atoms with van der Waals surface area (Å²) < 4.78 is 4.58. The van der Waals surface area contributed by atoms with Crippen LogP contribution in [0.3, 0.4) is 0 Å². The van der Waals surface area contributed by atoms with Gasteiger partial charge >= 0.3 is 5.97 Å². The van der Waals surface area contributed by atoms with Gasteiger partial charge in [0.15, 0.2) is 0 Å². The molecule has 0 aliphatic heterocycles. The lowest BCUT2D eigenvalue weighted by molar-refractivity contribution is 0.0600. The van der Waals surface area contributed by atoms with Gasteiger partial charge in [-0.2, -0.15) is 0 Å². The normalized spacial score (nSPS) is 9.74. The molecule has 0 bridgehead atoms. The van der Waals surface area contributed by atoms with Crippen LogP contribution >= 0.6 is 0 Å². The number of pyridine rings is 1. The molecule has 2 aromatic rings. The van der Waals surface area contributed by atoms with Crippen molar-refractivity contribution in [3.05, 3.63) is 59.8 Å². The fourth-order valence-corrected chi connectivity index (χ4v) is 1.50. The van der Waals surface area contributed by atoms with Gasteiger partial charge in [0.25, 0.3) is 5.91 Å². The van der Waals surface area contributed by atoms with Crippen LogP contribution in [0.15, 0.2) is 48.7 Å².